The van der Waals surface area contributed by atoms with Crippen LogP contribution in [0.15, 0.2) is 95.1 Å². The normalized spacial score (nSPS) is 11.0. The summed E-state index contributed by atoms with van der Waals surface area (Å²) in [7, 11) is 0. The maximum Gasteiger partial charge on any atom is 0.264 e. The molecule has 3 rings (SSSR count). The van der Waals surface area contributed by atoms with Gasteiger partial charge in [-0.3, -0.25) is 4.79 Å². The number of carbonyl (C=O) groups is 1. The molecule has 0 unspecified atom stereocenters. The molecule has 0 spiro atoms. The third kappa shape index (κ3) is 5.34. The van der Waals surface area contributed by atoms with E-state index < -0.39 is 5.91 Å². The number of nitrogens with zero attached hydrogens (tertiary/aromatic N) is 1. The summed E-state index contributed by atoms with van der Waals surface area (Å²) in [5.41, 5.74) is 3.75. The Balaban J connectivity index is 1.82. The number of nitriles is 1. The predicted molar refractivity (Wildman–Crippen MR) is 119 cm³/mol. The van der Waals surface area contributed by atoms with Gasteiger partial charge in [-0.1, -0.05) is 76.6 Å². The van der Waals surface area contributed by atoms with Crippen molar-refractivity contribution in [3.05, 3.63) is 112 Å². The monoisotopic (exact) mass is 445 g/mol. The molecule has 0 radical (unpaired) electrons. The highest BCUT2D eigenvalue weighted by Gasteiger charge is 2.19. The fourth-order valence-corrected chi connectivity index (χ4v) is 3.14. The van der Waals surface area contributed by atoms with Crippen molar-refractivity contribution < 1.29 is 4.79 Å². The summed E-state index contributed by atoms with van der Waals surface area (Å²) < 4.78 is 0.999. The van der Waals surface area contributed by atoms with Crippen LogP contribution in [0.3, 0.4) is 0 Å². The minimum atomic E-state index is -0.438. The molecule has 0 atom stereocenters. The number of nitrogens with one attached hydrogen (secondary N) is 2. The van der Waals surface area contributed by atoms with Crippen molar-refractivity contribution in [3.63, 3.8) is 0 Å². The van der Waals surface area contributed by atoms with Crippen LogP contribution in [-0.2, 0) is 4.79 Å². The molecule has 0 saturated carbocycles. The van der Waals surface area contributed by atoms with E-state index in [0.717, 1.165) is 26.9 Å². The molecule has 0 saturated heterocycles. The van der Waals surface area contributed by atoms with Gasteiger partial charge >= 0.3 is 0 Å². The zero-order valence-electron chi connectivity index (χ0n) is 15.9. The summed E-state index contributed by atoms with van der Waals surface area (Å²) in [6.07, 6.45) is 1.44. The number of hydrogen-bond donors (Lipinski definition) is 2. The molecule has 29 heavy (non-hydrogen) atoms. The Labute approximate surface area is 179 Å². The molecule has 144 valence electrons. The summed E-state index contributed by atoms with van der Waals surface area (Å²) >= 11 is 3.46. The van der Waals surface area contributed by atoms with E-state index in [0.29, 0.717) is 0 Å². The standard InChI is InChI=1S/C24H20BrN3O/c1-17-14-21(12-13-22(17)25)27-16-20(15-26)24(29)28-23(18-8-4-2-5-9-18)19-10-6-3-7-11-19/h2-14,16,23,27H,1H3,(H,28,29)/b20-16-. The molecular weight excluding hydrogens is 426 g/mol. The Morgan fingerprint density at radius 1 is 1.00 bits per heavy atom. The average molecular weight is 446 g/mol. The molecule has 0 aromatic heterocycles. The van der Waals surface area contributed by atoms with Gasteiger partial charge in [0.25, 0.3) is 5.91 Å². The van der Waals surface area contributed by atoms with E-state index in [-0.39, 0.29) is 11.6 Å². The van der Waals surface area contributed by atoms with Crippen molar-refractivity contribution >= 4 is 27.5 Å². The number of hydrogen-bond acceptors (Lipinski definition) is 3. The zero-order chi connectivity index (χ0) is 20.6. The molecule has 1 amide bonds. The number of rotatable bonds is 6. The first kappa shape index (κ1) is 20.4. The van der Waals surface area contributed by atoms with Crippen molar-refractivity contribution in [3.8, 4) is 6.07 Å². The van der Waals surface area contributed by atoms with Gasteiger partial charge < -0.3 is 10.6 Å². The van der Waals surface area contributed by atoms with E-state index in [1.807, 2.05) is 91.9 Å². The Morgan fingerprint density at radius 2 is 1.59 bits per heavy atom. The summed E-state index contributed by atoms with van der Waals surface area (Å²) in [6.45, 7) is 1.97. The zero-order valence-corrected chi connectivity index (χ0v) is 17.5. The lowest BCUT2D eigenvalue weighted by molar-refractivity contribution is -0.117. The summed E-state index contributed by atoms with van der Waals surface area (Å²) in [5.74, 6) is -0.438. The fraction of sp³-hybridized carbons (Fsp3) is 0.0833. The van der Waals surface area contributed by atoms with E-state index in [4.69, 9.17) is 0 Å². The van der Waals surface area contributed by atoms with E-state index in [2.05, 4.69) is 26.6 Å². The van der Waals surface area contributed by atoms with Crippen LogP contribution in [0.4, 0.5) is 5.69 Å². The quantitative estimate of drug-likeness (QED) is 0.389. The Hall–Kier alpha value is -3.36. The molecule has 3 aromatic carbocycles. The number of aryl methyl sites for hydroxylation is 1. The maximum absolute atomic E-state index is 12.8. The van der Waals surface area contributed by atoms with Gasteiger partial charge in [0.05, 0.1) is 6.04 Å². The van der Waals surface area contributed by atoms with Crippen molar-refractivity contribution in [2.24, 2.45) is 0 Å². The number of benzene rings is 3. The molecule has 0 aliphatic heterocycles. The molecule has 2 N–H and O–H groups in total. The minimum absolute atomic E-state index is 0.00225. The molecule has 0 aliphatic carbocycles. The van der Waals surface area contributed by atoms with Gasteiger partial charge in [-0.2, -0.15) is 5.26 Å². The molecule has 4 nitrogen and oxygen atoms in total. The van der Waals surface area contributed by atoms with Crippen LogP contribution in [0.25, 0.3) is 0 Å². The fourth-order valence-electron chi connectivity index (χ4n) is 2.90. The van der Waals surface area contributed by atoms with Gasteiger partial charge in [-0.05, 0) is 41.8 Å². The smallest absolute Gasteiger partial charge is 0.264 e. The van der Waals surface area contributed by atoms with Gasteiger partial charge in [-0.25, -0.2) is 0 Å². The number of anilines is 1. The van der Waals surface area contributed by atoms with E-state index in [9.17, 15) is 10.1 Å². The minimum Gasteiger partial charge on any atom is -0.360 e. The third-order valence-electron chi connectivity index (χ3n) is 4.45. The lowest BCUT2D eigenvalue weighted by atomic mass is 9.98. The van der Waals surface area contributed by atoms with E-state index in [1.165, 1.54) is 6.20 Å². The van der Waals surface area contributed by atoms with Gasteiger partial charge in [0.2, 0.25) is 0 Å². The molecule has 0 heterocycles. The van der Waals surface area contributed by atoms with E-state index >= 15 is 0 Å². The molecule has 0 bridgehead atoms. The van der Waals surface area contributed by atoms with Gasteiger partial charge in [0, 0.05) is 16.4 Å². The predicted octanol–water partition coefficient (Wildman–Crippen LogP) is 5.48. The van der Waals surface area contributed by atoms with Gasteiger partial charge in [-0.15, -0.1) is 0 Å². The van der Waals surface area contributed by atoms with Crippen molar-refractivity contribution in [1.82, 2.24) is 5.32 Å². The summed E-state index contributed by atoms with van der Waals surface area (Å²) in [6, 6.07) is 26.7. The number of amides is 1. The highest BCUT2D eigenvalue weighted by molar-refractivity contribution is 9.10. The van der Waals surface area contributed by atoms with Gasteiger partial charge in [0.1, 0.15) is 11.6 Å². The SMILES string of the molecule is Cc1cc(N/C=C(/C#N)C(=O)NC(c2ccccc2)c2ccccc2)ccc1Br. The highest BCUT2D eigenvalue weighted by atomic mass is 79.9. The van der Waals surface area contributed by atoms with Crippen LogP contribution in [0.2, 0.25) is 0 Å². The lowest BCUT2D eigenvalue weighted by Gasteiger charge is -2.19. The summed E-state index contributed by atoms with van der Waals surface area (Å²) in [4.78, 5) is 12.8. The maximum atomic E-state index is 12.8. The Kier molecular flexibility index (Phi) is 6.83. The Morgan fingerprint density at radius 3 is 2.10 bits per heavy atom. The van der Waals surface area contributed by atoms with Crippen LogP contribution in [0, 0.1) is 18.3 Å². The lowest BCUT2D eigenvalue weighted by Crippen LogP contribution is -2.30. The first-order valence-corrected chi connectivity index (χ1v) is 9.91. The summed E-state index contributed by atoms with van der Waals surface area (Å²) in [5, 5.41) is 15.5. The molecule has 0 aliphatic rings. The van der Waals surface area contributed by atoms with E-state index in [1.54, 1.807) is 0 Å². The Bertz CT molecular complexity index is 1020. The van der Waals surface area contributed by atoms with Crippen LogP contribution >= 0.6 is 15.9 Å². The number of carbonyl (C=O) groups excluding carboxylic acids is 1. The molecule has 5 heteroatoms. The molecule has 3 aromatic rings. The molecular formula is C24H20BrN3O. The molecule has 0 fully saturated rings. The average Bonchev–Trinajstić information content (AvgIpc) is 2.76. The highest BCUT2D eigenvalue weighted by Crippen LogP contribution is 2.23. The van der Waals surface area contributed by atoms with Crippen LogP contribution in [0.5, 0.6) is 0 Å². The van der Waals surface area contributed by atoms with Crippen LogP contribution < -0.4 is 10.6 Å². The number of halogens is 1. The van der Waals surface area contributed by atoms with Crippen LogP contribution in [-0.4, -0.2) is 5.91 Å². The van der Waals surface area contributed by atoms with Crippen molar-refractivity contribution in [2.45, 2.75) is 13.0 Å². The second kappa shape index (κ2) is 9.72. The van der Waals surface area contributed by atoms with Gasteiger partial charge in [0.15, 0.2) is 0 Å². The second-order valence-corrected chi connectivity index (χ2v) is 7.36. The largest absolute Gasteiger partial charge is 0.360 e. The first-order chi connectivity index (χ1) is 14.1. The topological polar surface area (TPSA) is 64.9 Å². The second-order valence-electron chi connectivity index (χ2n) is 6.51. The van der Waals surface area contributed by atoms with Crippen molar-refractivity contribution in [2.75, 3.05) is 5.32 Å². The van der Waals surface area contributed by atoms with Crippen LogP contribution in [0.1, 0.15) is 22.7 Å². The van der Waals surface area contributed by atoms with Crippen molar-refractivity contribution in [1.29, 1.82) is 5.26 Å². The first-order valence-electron chi connectivity index (χ1n) is 9.12. The third-order valence-corrected chi connectivity index (χ3v) is 5.34.